The molecule has 20 heavy (non-hydrogen) atoms. The van der Waals surface area contributed by atoms with Gasteiger partial charge in [0.25, 0.3) is 0 Å². The summed E-state index contributed by atoms with van der Waals surface area (Å²) in [6.07, 6.45) is 3.71. The highest BCUT2D eigenvalue weighted by atomic mass is 32.2. The van der Waals surface area contributed by atoms with Gasteiger partial charge in [-0.1, -0.05) is 30.3 Å². The summed E-state index contributed by atoms with van der Waals surface area (Å²) in [5, 5.41) is 2.39. The van der Waals surface area contributed by atoms with Crippen molar-refractivity contribution >= 4 is 22.3 Å². The van der Waals surface area contributed by atoms with Gasteiger partial charge in [-0.3, -0.25) is 4.79 Å². The summed E-state index contributed by atoms with van der Waals surface area (Å²) >= 11 is 0. The van der Waals surface area contributed by atoms with E-state index in [1.54, 1.807) is 60.7 Å². The Balaban J connectivity index is 2.28. The van der Waals surface area contributed by atoms with E-state index in [-0.39, 0.29) is 9.79 Å². The van der Waals surface area contributed by atoms with Gasteiger partial charge in [-0.15, -0.1) is 0 Å². The van der Waals surface area contributed by atoms with Crippen LogP contribution in [0.15, 0.2) is 70.6 Å². The van der Waals surface area contributed by atoms with Gasteiger partial charge in [0, 0.05) is 6.20 Å². The smallest absolute Gasteiger partial charge is 0.211 e. The largest absolute Gasteiger partial charge is 0.335 e. The van der Waals surface area contributed by atoms with Crippen molar-refractivity contribution in [3.8, 4) is 0 Å². The molecule has 0 atom stereocenters. The summed E-state index contributed by atoms with van der Waals surface area (Å²) < 4.78 is 24.7. The quantitative estimate of drug-likeness (QED) is 0.858. The Labute approximate surface area is 117 Å². The molecular formula is C15H13NO3S. The predicted octanol–water partition coefficient (Wildman–Crippen LogP) is 2.24. The first-order chi connectivity index (χ1) is 9.64. The monoisotopic (exact) mass is 287 g/mol. The molecule has 0 unspecified atom stereocenters. The lowest BCUT2D eigenvalue weighted by molar-refractivity contribution is -0.108. The van der Waals surface area contributed by atoms with Crippen LogP contribution in [-0.2, 0) is 14.6 Å². The number of carbonyl (C=O) groups is 1. The maximum atomic E-state index is 12.3. The van der Waals surface area contributed by atoms with Crippen LogP contribution in [0, 0.1) is 0 Å². The minimum Gasteiger partial charge on any atom is -0.335 e. The first kappa shape index (κ1) is 14.0. The number of nitrogens with one attached hydrogen (secondary N) is 1. The zero-order valence-corrected chi connectivity index (χ0v) is 11.4. The number of sulfone groups is 1. The third kappa shape index (κ3) is 3.13. The van der Waals surface area contributed by atoms with Crippen LogP contribution in [0.5, 0.6) is 0 Å². The van der Waals surface area contributed by atoms with Gasteiger partial charge in [-0.05, 0) is 35.9 Å². The van der Waals surface area contributed by atoms with Gasteiger partial charge < -0.3 is 5.32 Å². The van der Waals surface area contributed by atoms with Crippen molar-refractivity contribution in [2.75, 3.05) is 0 Å². The molecule has 5 heteroatoms. The zero-order valence-electron chi connectivity index (χ0n) is 10.6. The Kier molecular flexibility index (Phi) is 4.32. The van der Waals surface area contributed by atoms with Crippen LogP contribution in [0.4, 0.5) is 0 Å². The van der Waals surface area contributed by atoms with Gasteiger partial charge in [0.2, 0.25) is 16.2 Å². The molecule has 2 aromatic carbocycles. The number of rotatable bonds is 5. The molecule has 0 spiro atoms. The van der Waals surface area contributed by atoms with E-state index in [1.165, 1.54) is 6.20 Å². The van der Waals surface area contributed by atoms with E-state index in [2.05, 4.69) is 5.32 Å². The van der Waals surface area contributed by atoms with Gasteiger partial charge in [-0.2, -0.15) is 0 Å². The molecule has 1 amide bonds. The maximum Gasteiger partial charge on any atom is 0.211 e. The molecule has 0 fully saturated rings. The molecule has 0 saturated heterocycles. The van der Waals surface area contributed by atoms with Crippen molar-refractivity contribution in [1.29, 1.82) is 0 Å². The zero-order chi connectivity index (χ0) is 14.4. The molecule has 2 rings (SSSR count). The van der Waals surface area contributed by atoms with E-state index in [0.29, 0.717) is 6.41 Å². The van der Waals surface area contributed by atoms with Crippen molar-refractivity contribution in [2.24, 2.45) is 0 Å². The highest BCUT2D eigenvalue weighted by Gasteiger charge is 2.16. The number of amides is 1. The van der Waals surface area contributed by atoms with Gasteiger partial charge >= 0.3 is 0 Å². The lowest BCUT2D eigenvalue weighted by Crippen LogP contribution is -2.01. The number of benzene rings is 2. The second-order valence-electron chi connectivity index (χ2n) is 4.00. The van der Waals surface area contributed by atoms with Crippen molar-refractivity contribution in [3.05, 3.63) is 66.4 Å². The van der Waals surface area contributed by atoms with Crippen LogP contribution in [0.2, 0.25) is 0 Å². The van der Waals surface area contributed by atoms with Crippen molar-refractivity contribution in [1.82, 2.24) is 5.32 Å². The highest BCUT2D eigenvalue weighted by molar-refractivity contribution is 7.91. The summed E-state index contributed by atoms with van der Waals surface area (Å²) in [5.41, 5.74) is 0.798. The van der Waals surface area contributed by atoms with Crippen LogP contribution < -0.4 is 5.32 Å². The molecule has 0 radical (unpaired) electrons. The van der Waals surface area contributed by atoms with Gasteiger partial charge in [0.1, 0.15) is 0 Å². The second kappa shape index (κ2) is 6.16. The average Bonchev–Trinajstić information content (AvgIpc) is 2.49. The molecule has 0 saturated carbocycles. The Morgan fingerprint density at radius 3 is 2.05 bits per heavy atom. The fourth-order valence-corrected chi connectivity index (χ4v) is 2.96. The van der Waals surface area contributed by atoms with Crippen molar-refractivity contribution in [2.45, 2.75) is 9.79 Å². The fraction of sp³-hybridized carbons (Fsp3) is 0. The summed E-state index contributed by atoms with van der Waals surface area (Å²) in [7, 11) is -3.48. The predicted molar refractivity (Wildman–Crippen MR) is 76.6 cm³/mol. The molecule has 0 aromatic heterocycles. The van der Waals surface area contributed by atoms with E-state index < -0.39 is 9.84 Å². The third-order valence-electron chi connectivity index (χ3n) is 2.68. The van der Waals surface area contributed by atoms with Crippen LogP contribution in [0.3, 0.4) is 0 Å². The Bertz CT molecular complexity index is 705. The Morgan fingerprint density at radius 2 is 1.45 bits per heavy atom. The number of hydrogen-bond acceptors (Lipinski definition) is 3. The third-order valence-corrected chi connectivity index (χ3v) is 4.47. The maximum absolute atomic E-state index is 12.3. The normalized spacial score (nSPS) is 11.4. The molecule has 2 aromatic rings. The van der Waals surface area contributed by atoms with E-state index in [0.717, 1.165) is 5.56 Å². The molecule has 0 bridgehead atoms. The molecule has 0 aliphatic heterocycles. The van der Waals surface area contributed by atoms with Crippen molar-refractivity contribution < 1.29 is 13.2 Å². The van der Waals surface area contributed by atoms with Crippen LogP contribution in [-0.4, -0.2) is 14.8 Å². The molecule has 1 N–H and O–H groups in total. The number of hydrogen-bond donors (Lipinski definition) is 1. The summed E-state index contributed by atoms with van der Waals surface area (Å²) in [5.74, 6) is 0. The Morgan fingerprint density at radius 1 is 0.850 bits per heavy atom. The second-order valence-corrected chi connectivity index (χ2v) is 5.95. The topological polar surface area (TPSA) is 63.2 Å². The first-order valence-electron chi connectivity index (χ1n) is 5.91. The van der Waals surface area contributed by atoms with Crippen LogP contribution >= 0.6 is 0 Å². The van der Waals surface area contributed by atoms with E-state index in [1.807, 2.05) is 0 Å². The standard InChI is InChI=1S/C15H13NO3S/c17-12-16-11-10-13-6-8-15(9-7-13)20(18,19)14-4-2-1-3-5-14/h1-12H,(H,16,17)/b11-10+. The summed E-state index contributed by atoms with van der Waals surface area (Å²) in [4.78, 5) is 10.6. The lowest BCUT2D eigenvalue weighted by Gasteiger charge is -2.04. The molecular weight excluding hydrogens is 274 g/mol. The van der Waals surface area contributed by atoms with E-state index >= 15 is 0 Å². The molecule has 4 nitrogen and oxygen atoms in total. The average molecular weight is 287 g/mol. The van der Waals surface area contributed by atoms with Gasteiger partial charge in [0.15, 0.2) is 0 Å². The lowest BCUT2D eigenvalue weighted by atomic mass is 10.2. The van der Waals surface area contributed by atoms with E-state index in [4.69, 9.17) is 0 Å². The van der Waals surface area contributed by atoms with Gasteiger partial charge in [0.05, 0.1) is 9.79 Å². The van der Waals surface area contributed by atoms with Crippen LogP contribution in [0.1, 0.15) is 5.56 Å². The van der Waals surface area contributed by atoms with E-state index in [9.17, 15) is 13.2 Å². The molecule has 102 valence electrons. The fourth-order valence-electron chi connectivity index (χ4n) is 1.68. The molecule has 0 aliphatic rings. The minimum absolute atomic E-state index is 0.240. The van der Waals surface area contributed by atoms with Crippen LogP contribution in [0.25, 0.3) is 6.08 Å². The molecule has 0 heterocycles. The summed E-state index contributed by atoms with van der Waals surface area (Å²) in [6.45, 7) is 0. The summed E-state index contributed by atoms with van der Waals surface area (Å²) in [6, 6.07) is 14.7. The first-order valence-corrected chi connectivity index (χ1v) is 7.39. The number of carbonyl (C=O) groups excluding carboxylic acids is 1. The van der Waals surface area contributed by atoms with Gasteiger partial charge in [-0.25, -0.2) is 8.42 Å². The molecule has 0 aliphatic carbocycles. The van der Waals surface area contributed by atoms with Crippen molar-refractivity contribution in [3.63, 3.8) is 0 Å². The SMILES string of the molecule is O=CN/C=C/c1ccc(S(=O)(=O)c2ccccc2)cc1. The highest BCUT2D eigenvalue weighted by Crippen LogP contribution is 2.20. The minimum atomic E-state index is -3.48. The Hall–Kier alpha value is -2.40.